The van der Waals surface area contributed by atoms with E-state index in [0.717, 1.165) is 31.1 Å². The highest BCUT2D eigenvalue weighted by Gasteiger charge is 2.26. The minimum atomic E-state index is -0.366. The third-order valence-corrected chi connectivity index (χ3v) is 8.19. The average molecular weight is 490 g/mol. The summed E-state index contributed by atoms with van der Waals surface area (Å²) in [6.07, 6.45) is 3.57. The lowest BCUT2D eigenvalue weighted by molar-refractivity contribution is 0.612. The quantitative estimate of drug-likeness (QED) is 0.277. The Labute approximate surface area is 199 Å². The van der Waals surface area contributed by atoms with Crippen LogP contribution >= 0.6 is 46.5 Å². The Morgan fingerprint density at radius 1 is 1.06 bits per heavy atom. The molecule has 0 N–H and O–H groups in total. The van der Waals surface area contributed by atoms with E-state index in [2.05, 4.69) is 18.8 Å². The van der Waals surface area contributed by atoms with Crippen LogP contribution in [0.5, 0.6) is 0 Å². The fourth-order valence-electron chi connectivity index (χ4n) is 3.28. The largest absolute Gasteiger partial charge is 0.268 e. The van der Waals surface area contributed by atoms with Crippen molar-refractivity contribution in [1.29, 1.82) is 0 Å². The molecule has 0 radical (unpaired) electrons. The molecule has 0 aliphatic carbocycles. The van der Waals surface area contributed by atoms with Gasteiger partial charge in [-0.05, 0) is 49.7 Å². The van der Waals surface area contributed by atoms with Gasteiger partial charge in [0.1, 0.15) is 5.15 Å². The van der Waals surface area contributed by atoms with Crippen LogP contribution in [0.25, 0.3) is 10.1 Å². The lowest BCUT2D eigenvalue weighted by Crippen LogP contribution is -2.20. The molecule has 4 nitrogen and oxygen atoms in total. The molecule has 0 spiro atoms. The van der Waals surface area contributed by atoms with Crippen LogP contribution in [0.2, 0.25) is 10.2 Å². The SMILES string of the molecule is CC(C)n1sc2cc(Sc3cnc(C(C)(C)c4ccc(Cl)nc4)cc3Cl)ccc2c1=O. The summed E-state index contributed by atoms with van der Waals surface area (Å²) in [7, 11) is 0. The topological polar surface area (TPSA) is 47.8 Å². The first kappa shape index (κ1) is 22.3. The van der Waals surface area contributed by atoms with Crippen LogP contribution in [0.3, 0.4) is 0 Å². The van der Waals surface area contributed by atoms with E-state index in [9.17, 15) is 4.79 Å². The Hall–Kier alpha value is -1.86. The summed E-state index contributed by atoms with van der Waals surface area (Å²) in [6.45, 7) is 8.19. The van der Waals surface area contributed by atoms with E-state index in [-0.39, 0.29) is 17.0 Å². The minimum absolute atomic E-state index is 0.0644. The molecule has 1 aromatic carbocycles. The summed E-state index contributed by atoms with van der Waals surface area (Å²) < 4.78 is 2.77. The fraction of sp³-hybridized carbons (Fsp3) is 0.261. The van der Waals surface area contributed by atoms with Crippen molar-refractivity contribution >= 4 is 56.6 Å². The first-order valence-corrected chi connectivity index (χ1v) is 12.1. The molecule has 3 aromatic heterocycles. The Kier molecular flexibility index (Phi) is 6.19. The molecule has 31 heavy (non-hydrogen) atoms. The lowest BCUT2D eigenvalue weighted by Gasteiger charge is -2.25. The molecule has 0 saturated carbocycles. The Bertz CT molecular complexity index is 1310. The molecule has 4 rings (SSSR count). The highest BCUT2D eigenvalue weighted by atomic mass is 35.5. The molecule has 0 aliphatic rings. The Morgan fingerprint density at radius 3 is 2.48 bits per heavy atom. The van der Waals surface area contributed by atoms with Crippen LogP contribution in [-0.2, 0) is 5.41 Å². The van der Waals surface area contributed by atoms with Crippen molar-refractivity contribution in [3.63, 3.8) is 0 Å². The van der Waals surface area contributed by atoms with Crippen LogP contribution in [0.15, 0.2) is 63.4 Å². The van der Waals surface area contributed by atoms with E-state index in [1.54, 1.807) is 34.2 Å². The van der Waals surface area contributed by atoms with E-state index in [1.165, 1.54) is 11.5 Å². The molecule has 0 fully saturated rings. The second-order valence-corrected chi connectivity index (χ2v) is 11.0. The van der Waals surface area contributed by atoms with Crippen molar-refractivity contribution in [3.8, 4) is 0 Å². The summed E-state index contributed by atoms with van der Waals surface area (Å²) in [4.78, 5) is 23.2. The molecule has 0 unspecified atom stereocenters. The van der Waals surface area contributed by atoms with E-state index >= 15 is 0 Å². The maximum absolute atomic E-state index is 12.5. The normalized spacial score (nSPS) is 12.1. The minimum Gasteiger partial charge on any atom is -0.268 e. The number of nitrogens with zero attached hydrogens (tertiary/aromatic N) is 3. The molecule has 3 heterocycles. The van der Waals surface area contributed by atoms with Crippen LogP contribution in [-0.4, -0.2) is 13.9 Å². The summed E-state index contributed by atoms with van der Waals surface area (Å²) >= 11 is 15.6. The van der Waals surface area contributed by atoms with Crippen LogP contribution in [0.4, 0.5) is 0 Å². The summed E-state index contributed by atoms with van der Waals surface area (Å²) in [5.41, 5.74) is 1.56. The number of hydrogen-bond acceptors (Lipinski definition) is 5. The number of pyridine rings is 2. The number of halogens is 2. The number of fused-ring (bicyclic) bond motifs is 1. The van der Waals surface area contributed by atoms with Crippen LogP contribution < -0.4 is 5.56 Å². The van der Waals surface area contributed by atoms with Crippen molar-refractivity contribution < 1.29 is 0 Å². The van der Waals surface area contributed by atoms with Crippen molar-refractivity contribution in [1.82, 2.24) is 13.9 Å². The Balaban J connectivity index is 1.63. The second kappa shape index (κ2) is 8.58. The van der Waals surface area contributed by atoms with Gasteiger partial charge in [-0.3, -0.25) is 13.7 Å². The van der Waals surface area contributed by atoms with Gasteiger partial charge in [0.15, 0.2) is 0 Å². The molecular formula is C23H21Cl2N3OS2. The van der Waals surface area contributed by atoms with Crippen molar-refractivity contribution in [2.45, 2.75) is 48.9 Å². The molecule has 0 saturated heterocycles. The summed E-state index contributed by atoms with van der Waals surface area (Å²) in [5, 5.41) is 1.85. The molecule has 0 aliphatic heterocycles. The monoisotopic (exact) mass is 489 g/mol. The smallest absolute Gasteiger partial charge is 0.268 e. The van der Waals surface area contributed by atoms with E-state index in [4.69, 9.17) is 28.2 Å². The van der Waals surface area contributed by atoms with Crippen molar-refractivity contribution in [3.05, 3.63) is 80.6 Å². The maximum Gasteiger partial charge on any atom is 0.268 e. The standard InChI is InChI=1S/C23H21Cl2N3OS2/c1-13(2)28-22(29)16-7-6-15(9-18(16)31-28)30-19-12-26-20(10-17(19)24)23(3,4)14-5-8-21(25)27-11-14/h5-13H,1-4H3. The summed E-state index contributed by atoms with van der Waals surface area (Å²) in [5.74, 6) is 0. The zero-order valence-corrected chi connectivity index (χ0v) is 20.7. The van der Waals surface area contributed by atoms with Gasteiger partial charge in [0.05, 0.1) is 20.8 Å². The highest BCUT2D eigenvalue weighted by molar-refractivity contribution is 7.99. The van der Waals surface area contributed by atoms with Gasteiger partial charge >= 0.3 is 0 Å². The first-order chi connectivity index (χ1) is 14.7. The maximum atomic E-state index is 12.5. The van der Waals surface area contributed by atoms with Gasteiger partial charge in [-0.2, -0.15) is 0 Å². The van der Waals surface area contributed by atoms with Gasteiger partial charge < -0.3 is 0 Å². The molecule has 4 aromatic rings. The number of benzene rings is 1. The van der Waals surface area contributed by atoms with Crippen LogP contribution in [0.1, 0.15) is 45.0 Å². The highest BCUT2D eigenvalue weighted by Crippen LogP contribution is 2.38. The van der Waals surface area contributed by atoms with E-state index in [1.807, 2.05) is 44.2 Å². The molecular weight excluding hydrogens is 469 g/mol. The molecule has 0 atom stereocenters. The molecule has 0 amide bonds. The Morgan fingerprint density at radius 2 is 1.84 bits per heavy atom. The van der Waals surface area contributed by atoms with Gasteiger partial charge in [-0.1, -0.05) is 66.4 Å². The van der Waals surface area contributed by atoms with Gasteiger partial charge in [-0.15, -0.1) is 0 Å². The van der Waals surface area contributed by atoms with Crippen molar-refractivity contribution in [2.75, 3.05) is 0 Å². The number of rotatable bonds is 5. The number of hydrogen-bond donors (Lipinski definition) is 0. The van der Waals surface area contributed by atoms with Gasteiger partial charge in [0, 0.05) is 33.6 Å². The van der Waals surface area contributed by atoms with E-state index in [0.29, 0.717) is 10.2 Å². The molecule has 160 valence electrons. The number of aromatic nitrogens is 3. The van der Waals surface area contributed by atoms with Gasteiger partial charge in [0.2, 0.25) is 0 Å². The van der Waals surface area contributed by atoms with Crippen molar-refractivity contribution in [2.24, 2.45) is 0 Å². The fourth-order valence-corrected chi connectivity index (χ4v) is 5.60. The third-order valence-electron chi connectivity index (χ3n) is 5.19. The van der Waals surface area contributed by atoms with E-state index < -0.39 is 0 Å². The van der Waals surface area contributed by atoms with Gasteiger partial charge in [-0.25, -0.2) is 4.98 Å². The molecule has 0 bridgehead atoms. The average Bonchev–Trinajstić information content (AvgIpc) is 3.06. The first-order valence-electron chi connectivity index (χ1n) is 9.78. The second-order valence-electron chi connectivity index (χ2n) is 8.07. The van der Waals surface area contributed by atoms with Crippen LogP contribution in [0, 0.1) is 0 Å². The zero-order chi connectivity index (χ0) is 22.3. The zero-order valence-electron chi connectivity index (χ0n) is 17.5. The summed E-state index contributed by atoms with van der Waals surface area (Å²) in [6, 6.07) is 11.7. The van der Waals surface area contributed by atoms with Gasteiger partial charge in [0.25, 0.3) is 5.56 Å². The predicted molar refractivity (Wildman–Crippen MR) is 131 cm³/mol. The predicted octanol–water partition coefficient (Wildman–Crippen LogP) is 7.22. The third kappa shape index (κ3) is 4.40. The molecule has 8 heteroatoms. The lowest BCUT2D eigenvalue weighted by atomic mass is 9.82.